The number of aromatic nitrogens is 2. The van der Waals surface area contributed by atoms with Gasteiger partial charge in [-0.15, -0.1) is 6.58 Å². The highest BCUT2D eigenvalue weighted by Crippen LogP contribution is 2.17. The van der Waals surface area contributed by atoms with Crippen molar-refractivity contribution in [1.29, 1.82) is 0 Å². The van der Waals surface area contributed by atoms with Gasteiger partial charge in [0, 0.05) is 6.54 Å². The summed E-state index contributed by atoms with van der Waals surface area (Å²) in [5, 5.41) is 0. The fourth-order valence-electron chi connectivity index (χ4n) is 1.23. The second-order valence-corrected chi connectivity index (χ2v) is 3.64. The number of hydrogen-bond acceptors (Lipinski definition) is 3. The number of halogens is 1. The lowest BCUT2D eigenvalue weighted by atomic mass is 10.3. The molecule has 1 aromatic heterocycles. The molecule has 1 rings (SSSR count). The molecule has 1 aromatic rings. The van der Waals surface area contributed by atoms with Gasteiger partial charge in [-0.2, -0.15) is 0 Å². The van der Waals surface area contributed by atoms with E-state index in [1.165, 1.54) is 0 Å². The van der Waals surface area contributed by atoms with Crippen LogP contribution in [0.4, 0.5) is 0 Å². The van der Waals surface area contributed by atoms with Crippen molar-refractivity contribution in [3.63, 3.8) is 0 Å². The van der Waals surface area contributed by atoms with Crippen LogP contribution in [0.15, 0.2) is 17.4 Å². The first-order valence-electron chi connectivity index (χ1n) is 4.62. The van der Waals surface area contributed by atoms with Crippen LogP contribution in [-0.4, -0.2) is 22.1 Å². The largest absolute Gasteiger partial charge is 0.461 e. The summed E-state index contributed by atoms with van der Waals surface area (Å²) in [6, 6.07) is 0. The molecular formula is C10H13BrN2O2. The van der Waals surface area contributed by atoms with Crippen LogP contribution in [0.3, 0.4) is 0 Å². The molecule has 1 heterocycles. The minimum atomic E-state index is -0.390. The zero-order valence-corrected chi connectivity index (χ0v) is 10.4. The fraction of sp³-hybridized carbons (Fsp3) is 0.400. The minimum absolute atomic E-state index is 0.351. The van der Waals surface area contributed by atoms with Gasteiger partial charge in [-0.3, -0.25) is 0 Å². The van der Waals surface area contributed by atoms with Crippen LogP contribution in [0, 0.1) is 6.92 Å². The van der Waals surface area contributed by atoms with Crippen molar-refractivity contribution in [2.45, 2.75) is 20.4 Å². The topological polar surface area (TPSA) is 44.1 Å². The Labute approximate surface area is 97.1 Å². The summed E-state index contributed by atoms with van der Waals surface area (Å²) in [4.78, 5) is 15.6. The molecule has 4 nitrogen and oxygen atoms in total. The minimum Gasteiger partial charge on any atom is -0.461 e. The number of hydrogen-bond donors (Lipinski definition) is 0. The molecule has 0 saturated heterocycles. The molecular weight excluding hydrogens is 260 g/mol. The maximum Gasteiger partial charge on any atom is 0.358 e. The van der Waals surface area contributed by atoms with E-state index in [9.17, 15) is 4.79 Å². The molecule has 0 atom stereocenters. The van der Waals surface area contributed by atoms with Gasteiger partial charge in [0.2, 0.25) is 0 Å². The predicted molar refractivity (Wildman–Crippen MR) is 60.8 cm³/mol. The lowest BCUT2D eigenvalue weighted by Gasteiger charge is -2.03. The lowest BCUT2D eigenvalue weighted by Crippen LogP contribution is -2.08. The summed E-state index contributed by atoms with van der Waals surface area (Å²) >= 11 is 3.28. The van der Waals surface area contributed by atoms with Crippen molar-refractivity contribution in [3.05, 3.63) is 28.8 Å². The number of nitrogens with zero attached hydrogens (tertiary/aromatic N) is 2. The van der Waals surface area contributed by atoms with E-state index in [4.69, 9.17) is 4.74 Å². The highest BCUT2D eigenvalue weighted by Gasteiger charge is 2.18. The monoisotopic (exact) mass is 272 g/mol. The van der Waals surface area contributed by atoms with Crippen molar-refractivity contribution in [1.82, 2.24) is 9.55 Å². The highest BCUT2D eigenvalue weighted by molar-refractivity contribution is 9.10. The van der Waals surface area contributed by atoms with E-state index in [1.54, 1.807) is 13.0 Å². The van der Waals surface area contributed by atoms with Crippen molar-refractivity contribution in [3.8, 4) is 0 Å². The van der Waals surface area contributed by atoms with Gasteiger partial charge in [0.15, 0.2) is 10.4 Å². The zero-order valence-electron chi connectivity index (χ0n) is 8.79. The Kier molecular flexibility index (Phi) is 4.08. The average Bonchev–Trinajstić information content (AvgIpc) is 2.47. The Balaban J connectivity index is 3.05. The summed E-state index contributed by atoms with van der Waals surface area (Å²) in [5.74, 6) is -0.390. The fourth-order valence-corrected chi connectivity index (χ4v) is 1.82. The molecule has 0 bridgehead atoms. The second-order valence-electron chi connectivity index (χ2n) is 2.93. The first-order chi connectivity index (χ1) is 7.11. The van der Waals surface area contributed by atoms with Gasteiger partial charge in [-0.1, -0.05) is 6.08 Å². The lowest BCUT2D eigenvalue weighted by molar-refractivity contribution is 0.0519. The number of esters is 1. The smallest absolute Gasteiger partial charge is 0.358 e. The Bertz CT molecular complexity index is 385. The second kappa shape index (κ2) is 5.11. The first-order valence-corrected chi connectivity index (χ1v) is 5.41. The van der Waals surface area contributed by atoms with Crippen LogP contribution in [0.2, 0.25) is 0 Å². The standard InChI is InChI=1S/C10H13BrN2O2/c1-4-6-13-7(3)8(12-10(13)11)9(14)15-5-2/h4H,1,5-6H2,2-3H3. The molecule has 0 aliphatic rings. The van der Waals surface area contributed by atoms with Crippen molar-refractivity contribution >= 4 is 21.9 Å². The summed E-state index contributed by atoms with van der Waals surface area (Å²) in [5.41, 5.74) is 1.13. The zero-order chi connectivity index (χ0) is 11.4. The molecule has 15 heavy (non-hydrogen) atoms. The van der Waals surface area contributed by atoms with E-state index >= 15 is 0 Å². The summed E-state index contributed by atoms with van der Waals surface area (Å²) in [6.07, 6.45) is 1.74. The van der Waals surface area contributed by atoms with Crippen molar-refractivity contribution < 1.29 is 9.53 Å². The molecule has 0 aliphatic heterocycles. The summed E-state index contributed by atoms with van der Waals surface area (Å²) < 4.78 is 7.35. The Morgan fingerprint density at radius 1 is 1.73 bits per heavy atom. The van der Waals surface area contributed by atoms with Crippen molar-refractivity contribution in [2.24, 2.45) is 0 Å². The van der Waals surface area contributed by atoms with E-state index in [0.717, 1.165) is 5.69 Å². The Morgan fingerprint density at radius 2 is 2.40 bits per heavy atom. The number of allylic oxidation sites excluding steroid dienone is 1. The normalized spacial score (nSPS) is 10.1. The first kappa shape index (κ1) is 12.0. The third kappa shape index (κ3) is 2.47. The summed E-state index contributed by atoms with van der Waals surface area (Å²) in [7, 11) is 0. The quantitative estimate of drug-likeness (QED) is 0.624. The number of carbonyl (C=O) groups is 1. The molecule has 0 saturated carbocycles. The summed E-state index contributed by atoms with van der Waals surface area (Å²) in [6.45, 7) is 8.20. The third-order valence-electron chi connectivity index (χ3n) is 1.95. The van der Waals surface area contributed by atoms with Crippen LogP contribution in [0.5, 0.6) is 0 Å². The SMILES string of the molecule is C=CCn1c(Br)nc(C(=O)OCC)c1C. The molecule has 0 N–H and O–H groups in total. The number of ether oxygens (including phenoxy) is 1. The van der Waals surface area contributed by atoms with E-state index in [-0.39, 0.29) is 0 Å². The van der Waals surface area contributed by atoms with E-state index in [1.807, 2.05) is 11.5 Å². The molecule has 0 amide bonds. The molecule has 0 radical (unpaired) electrons. The van der Waals surface area contributed by atoms with Gasteiger partial charge < -0.3 is 9.30 Å². The van der Waals surface area contributed by atoms with Crippen LogP contribution >= 0.6 is 15.9 Å². The Morgan fingerprint density at radius 3 is 2.93 bits per heavy atom. The van der Waals surface area contributed by atoms with Gasteiger partial charge in [0.1, 0.15) is 0 Å². The third-order valence-corrected chi connectivity index (χ3v) is 2.56. The molecule has 0 unspecified atom stereocenters. The Hall–Kier alpha value is -1.10. The van der Waals surface area contributed by atoms with Crippen molar-refractivity contribution in [2.75, 3.05) is 6.61 Å². The number of imidazole rings is 1. The van der Waals surface area contributed by atoms with Gasteiger partial charge in [0.05, 0.1) is 12.3 Å². The molecule has 0 spiro atoms. The molecule has 5 heteroatoms. The molecule has 0 aliphatic carbocycles. The maximum absolute atomic E-state index is 11.5. The van der Waals surface area contributed by atoms with Crippen LogP contribution < -0.4 is 0 Å². The molecule has 0 fully saturated rings. The highest BCUT2D eigenvalue weighted by atomic mass is 79.9. The number of rotatable bonds is 4. The van der Waals surface area contributed by atoms with E-state index < -0.39 is 5.97 Å². The van der Waals surface area contributed by atoms with Crippen LogP contribution in [0.25, 0.3) is 0 Å². The van der Waals surface area contributed by atoms with E-state index in [2.05, 4.69) is 27.5 Å². The predicted octanol–water partition coefficient (Wildman–Crippen LogP) is 2.32. The molecule has 82 valence electrons. The van der Waals surface area contributed by atoms with Gasteiger partial charge in [-0.05, 0) is 29.8 Å². The van der Waals surface area contributed by atoms with E-state index in [0.29, 0.717) is 23.6 Å². The number of carbonyl (C=O) groups excluding carboxylic acids is 1. The van der Waals surface area contributed by atoms with Gasteiger partial charge in [0.25, 0.3) is 0 Å². The maximum atomic E-state index is 11.5. The van der Waals surface area contributed by atoms with Gasteiger partial charge >= 0.3 is 5.97 Å². The van der Waals surface area contributed by atoms with Gasteiger partial charge in [-0.25, -0.2) is 9.78 Å². The van der Waals surface area contributed by atoms with Crippen LogP contribution in [-0.2, 0) is 11.3 Å². The average molecular weight is 273 g/mol. The van der Waals surface area contributed by atoms with Crippen LogP contribution in [0.1, 0.15) is 23.1 Å². The molecule has 0 aromatic carbocycles.